The van der Waals surface area contributed by atoms with E-state index < -0.39 is 0 Å². The first-order valence-electron chi connectivity index (χ1n) is 4.27. The summed E-state index contributed by atoms with van der Waals surface area (Å²) in [4.78, 5) is 13.5. The molecule has 0 unspecified atom stereocenters. The minimum atomic E-state index is -0.0452. The van der Waals surface area contributed by atoms with Crippen molar-refractivity contribution in [3.63, 3.8) is 0 Å². The quantitative estimate of drug-likeness (QED) is 0.712. The molecule has 0 radical (unpaired) electrons. The molecule has 0 aliphatic heterocycles. The van der Waals surface area contributed by atoms with Crippen LogP contribution in [0.5, 0.6) is 0 Å². The Morgan fingerprint density at radius 1 is 1.50 bits per heavy atom. The summed E-state index contributed by atoms with van der Waals surface area (Å²) in [6, 6.07) is 5.43. The van der Waals surface area contributed by atoms with Crippen molar-refractivity contribution >= 4 is 6.29 Å². The molecule has 0 amide bonds. The highest BCUT2D eigenvalue weighted by Crippen LogP contribution is 2.15. The molecule has 0 aliphatic rings. The second kappa shape index (κ2) is 3.51. The van der Waals surface area contributed by atoms with Gasteiger partial charge in [-0.2, -0.15) is 0 Å². The molecule has 0 saturated carbocycles. The Labute approximate surface area is 80.8 Å². The maximum atomic E-state index is 10.7. The maximum Gasteiger partial charge on any atom is 0.168 e. The molecule has 4 heteroatoms. The Hall–Kier alpha value is -1.81. The molecule has 2 rings (SSSR count). The normalized spacial score (nSPS) is 10.4. The third kappa shape index (κ3) is 1.25. The van der Waals surface area contributed by atoms with Crippen molar-refractivity contribution in [1.82, 2.24) is 9.55 Å². The Bertz CT molecular complexity index is 442. The summed E-state index contributed by atoms with van der Waals surface area (Å²) in [6.45, 7) is -0.0452. The van der Waals surface area contributed by atoms with Crippen molar-refractivity contribution < 1.29 is 9.90 Å². The van der Waals surface area contributed by atoms with Crippen molar-refractivity contribution in [3.05, 3.63) is 42.0 Å². The van der Waals surface area contributed by atoms with Gasteiger partial charge < -0.3 is 14.7 Å². The topological polar surface area (TPSA) is 58.0 Å². The minimum absolute atomic E-state index is 0.0452. The molecular weight excluding hydrogens is 180 g/mol. The summed E-state index contributed by atoms with van der Waals surface area (Å²) in [5.74, 6) is 0. The van der Waals surface area contributed by atoms with Crippen LogP contribution in [0, 0.1) is 0 Å². The highest BCUT2D eigenvalue weighted by atomic mass is 16.3. The lowest BCUT2D eigenvalue weighted by Gasteiger charge is -2.05. The van der Waals surface area contributed by atoms with Crippen LogP contribution >= 0.6 is 0 Å². The lowest BCUT2D eigenvalue weighted by molar-refractivity contribution is 0.111. The monoisotopic (exact) mass is 190 g/mol. The number of aliphatic hydroxyl groups is 1. The van der Waals surface area contributed by atoms with Crippen LogP contribution in [0.4, 0.5) is 0 Å². The van der Waals surface area contributed by atoms with E-state index in [9.17, 15) is 4.79 Å². The summed E-state index contributed by atoms with van der Waals surface area (Å²) in [5.41, 5.74) is 2.03. The highest BCUT2D eigenvalue weighted by Gasteiger charge is 2.07. The van der Waals surface area contributed by atoms with E-state index in [0.29, 0.717) is 5.69 Å². The largest absolute Gasteiger partial charge is 0.390 e. The predicted octanol–water partition coefficient (Wildman–Crippen LogP) is 1.11. The number of nitrogens with one attached hydrogen (secondary N) is 1. The third-order valence-corrected chi connectivity index (χ3v) is 2.13. The zero-order valence-electron chi connectivity index (χ0n) is 7.47. The van der Waals surface area contributed by atoms with Gasteiger partial charge in [0.1, 0.15) is 5.69 Å². The second-order valence-electron chi connectivity index (χ2n) is 2.92. The lowest BCUT2D eigenvalue weighted by atomic mass is 10.3. The van der Waals surface area contributed by atoms with Crippen molar-refractivity contribution in [3.8, 4) is 5.69 Å². The molecule has 14 heavy (non-hydrogen) atoms. The van der Waals surface area contributed by atoms with E-state index in [4.69, 9.17) is 5.11 Å². The number of hydrogen-bond donors (Lipinski definition) is 2. The minimum Gasteiger partial charge on any atom is -0.390 e. The first-order valence-corrected chi connectivity index (χ1v) is 4.27. The van der Waals surface area contributed by atoms with Crippen LogP contribution in [0.25, 0.3) is 5.69 Å². The number of aromatic amines is 1. The van der Waals surface area contributed by atoms with E-state index in [0.717, 1.165) is 17.7 Å². The number of rotatable bonds is 3. The first-order chi connectivity index (χ1) is 6.86. The van der Waals surface area contributed by atoms with Crippen LogP contribution < -0.4 is 0 Å². The molecule has 0 aromatic carbocycles. The molecule has 2 heterocycles. The van der Waals surface area contributed by atoms with Crippen LogP contribution in [0.1, 0.15) is 16.2 Å². The fourth-order valence-electron chi connectivity index (χ4n) is 1.46. The van der Waals surface area contributed by atoms with E-state index in [1.54, 1.807) is 16.8 Å². The summed E-state index contributed by atoms with van der Waals surface area (Å²) in [5, 5.41) is 9.05. The highest BCUT2D eigenvalue weighted by molar-refractivity contribution is 5.78. The van der Waals surface area contributed by atoms with Gasteiger partial charge in [-0.05, 0) is 18.2 Å². The van der Waals surface area contributed by atoms with E-state index in [1.165, 1.54) is 0 Å². The van der Waals surface area contributed by atoms with Gasteiger partial charge in [0, 0.05) is 18.1 Å². The summed E-state index contributed by atoms with van der Waals surface area (Å²) in [6.07, 6.45) is 4.26. The van der Waals surface area contributed by atoms with Crippen LogP contribution in [0.2, 0.25) is 0 Å². The SMILES string of the molecule is O=Cc1[nH]ccc1-n1cccc1CO. The molecule has 0 atom stereocenters. The van der Waals surface area contributed by atoms with Crippen LogP contribution in [0.15, 0.2) is 30.6 Å². The standard InChI is InChI=1S/C10H10N2O2/c13-6-8-2-1-5-12(8)10-3-4-11-9(10)7-14/h1-5,7,11,13H,6H2. The number of nitrogens with zero attached hydrogens (tertiary/aromatic N) is 1. The van der Waals surface area contributed by atoms with Crippen LogP contribution in [-0.2, 0) is 6.61 Å². The van der Waals surface area contributed by atoms with Gasteiger partial charge in [-0.1, -0.05) is 0 Å². The molecule has 0 saturated heterocycles. The van der Waals surface area contributed by atoms with E-state index in [1.807, 2.05) is 18.3 Å². The van der Waals surface area contributed by atoms with Gasteiger partial charge >= 0.3 is 0 Å². The van der Waals surface area contributed by atoms with Gasteiger partial charge in [-0.15, -0.1) is 0 Å². The molecule has 0 bridgehead atoms. The van der Waals surface area contributed by atoms with E-state index in [-0.39, 0.29) is 6.61 Å². The third-order valence-electron chi connectivity index (χ3n) is 2.13. The Morgan fingerprint density at radius 2 is 2.36 bits per heavy atom. The van der Waals surface area contributed by atoms with Crippen LogP contribution in [0.3, 0.4) is 0 Å². The Balaban J connectivity index is 2.53. The molecular formula is C10H10N2O2. The molecule has 2 aromatic rings. The smallest absolute Gasteiger partial charge is 0.168 e. The van der Waals surface area contributed by atoms with Crippen molar-refractivity contribution in [2.75, 3.05) is 0 Å². The number of carbonyl (C=O) groups excluding carboxylic acids is 1. The van der Waals surface area contributed by atoms with Gasteiger partial charge in [-0.3, -0.25) is 4.79 Å². The number of aromatic nitrogens is 2. The fraction of sp³-hybridized carbons (Fsp3) is 0.100. The fourth-order valence-corrected chi connectivity index (χ4v) is 1.46. The number of H-pyrrole nitrogens is 1. The number of aldehydes is 1. The van der Waals surface area contributed by atoms with Gasteiger partial charge in [-0.25, -0.2) is 0 Å². The molecule has 0 spiro atoms. The number of aliphatic hydroxyl groups excluding tert-OH is 1. The molecule has 0 aliphatic carbocycles. The molecule has 0 fully saturated rings. The van der Waals surface area contributed by atoms with Gasteiger partial charge in [0.25, 0.3) is 0 Å². The van der Waals surface area contributed by atoms with E-state index >= 15 is 0 Å². The summed E-state index contributed by atoms with van der Waals surface area (Å²) < 4.78 is 1.78. The molecule has 2 aromatic heterocycles. The van der Waals surface area contributed by atoms with Crippen LogP contribution in [-0.4, -0.2) is 20.9 Å². The second-order valence-corrected chi connectivity index (χ2v) is 2.92. The average molecular weight is 190 g/mol. The molecule has 2 N–H and O–H groups in total. The molecule has 72 valence electrons. The predicted molar refractivity (Wildman–Crippen MR) is 51.4 cm³/mol. The summed E-state index contributed by atoms with van der Waals surface area (Å²) >= 11 is 0. The number of hydrogen-bond acceptors (Lipinski definition) is 2. The van der Waals surface area contributed by atoms with Gasteiger partial charge in [0.05, 0.1) is 12.3 Å². The van der Waals surface area contributed by atoms with Crippen molar-refractivity contribution in [1.29, 1.82) is 0 Å². The number of carbonyl (C=O) groups is 1. The Kier molecular flexibility index (Phi) is 2.20. The zero-order chi connectivity index (χ0) is 9.97. The van der Waals surface area contributed by atoms with E-state index in [2.05, 4.69) is 4.98 Å². The molecule has 4 nitrogen and oxygen atoms in total. The van der Waals surface area contributed by atoms with Gasteiger partial charge in [0.15, 0.2) is 6.29 Å². The maximum absolute atomic E-state index is 10.7. The first kappa shape index (κ1) is 8.77. The summed E-state index contributed by atoms with van der Waals surface area (Å²) in [7, 11) is 0. The average Bonchev–Trinajstić information content (AvgIpc) is 2.85. The Morgan fingerprint density at radius 3 is 3.07 bits per heavy atom. The van der Waals surface area contributed by atoms with Gasteiger partial charge in [0.2, 0.25) is 0 Å². The zero-order valence-corrected chi connectivity index (χ0v) is 7.47. The van der Waals surface area contributed by atoms with Crippen molar-refractivity contribution in [2.24, 2.45) is 0 Å². The lowest BCUT2D eigenvalue weighted by Crippen LogP contribution is -2.00. The van der Waals surface area contributed by atoms with Crippen molar-refractivity contribution in [2.45, 2.75) is 6.61 Å².